The molecule has 7 heteroatoms. The van der Waals surface area contributed by atoms with Crippen molar-refractivity contribution >= 4 is 23.0 Å². The number of hydrogen-bond donors (Lipinski definition) is 2. The Kier molecular flexibility index (Phi) is 4.89. The lowest BCUT2D eigenvalue weighted by Gasteiger charge is -2.20. The maximum absolute atomic E-state index is 5.59. The molecule has 128 valence electrons. The number of thiocarbonyl (C=S) groups is 1. The first kappa shape index (κ1) is 16.6. The van der Waals surface area contributed by atoms with Gasteiger partial charge in [0, 0.05) is 30.1 Å². The minimum Gasteiger partial charge on any atom is -0.486 e. The van der Waals surface area contributed by atoms with Crippen LogP contribution in [0.2, 0.25) is 0 Å². The summed E-state index contributed by atoms with van der Waals surface area (Å²) in [7, 11) is 0. The fraction of sp³-hybridized carbons (Fsp3) is 0.412. The lowest BCUT2D eigenvalue weighted by molar-refractivity contribution is 0.171. The fourth-order valence-corrected chi connectivity index (χ4v) is 2.98. The third-order valence-corrected chi connectivity index (χ3v) is 4.14. The molecule has 0 bridgehead atoms. The Balaban J connectivity index is 1.63. The maximum Gasteiger partial charge on any atom is 0.171 e. The molecule has 0 spiro atoms. The van der Waals surface area contributed by atoms with Gasteiger partial charge in [0.05, 0.1) is 11.7 Å². The summed E-state index contributed by atoms with van der Waals surface area (Å²) in [6.45, 7) is 8.16. The van der Waals surface area contributed by atoms with Crippen LogP contribution in [0.5, 0.6) is 11.5 Å². The predicted octanol–water partition coefficient (Wildman–Crippen LogP) is 3.03. The lowest BCUT2D eigenvalue weighted by Crippen LogP contribution is -2.31. The first-order chi connectivity index (χ1) is 11.6. The van der Waals surface area contributed by atoms with Crippen LogP contribution in [0.3, 0.4) is 0 Å². The van der Waals surface area contributed by atoms with Crippen molar-refractivity contribution in [1.29, 1.82) is 0 Å². The second kappa shape index (κ2) is 7.09. The molecule has 24 heavy (non-hydrogen) atoms. The molecular formula is C17H22N4O2S. The molecule has 0 amide bonds. The van der Waals surface area contributed by atoms with Gasteiger partial charge in [0.2, 0.25) is 0 Å². The van der Waals surface area contributed by atoms with E-state index in [1.54, 1.807) is 0 Å². The number of hydrogen-bond acceptors (Lipinski definition) is 4. The summed E-state index contributed by atoms with van der Waals surface area (Å²) in [6.07, 6.45) is 2.06. The molecule has 0 saturated carbocycles. The van der Waals surface area contributed by atoms with Gasteiger partial charge in [-0.3, -0.25) is 4.68 Å². The monoisotopic (exact) mass is 346 g/mol. The number of fused-ring (bicyclic) bond motifs is 1. The van der Waals surface area contributed by atoms with Gasteiger partial charge in [0.25, 0.3) is 0 Å². The van der Waals surface area contributed by atoms with E-state index in [0.29, 0.717) is 18.3 Å². The molecule has 1 aromatic heterocycles. The maximum atomic E-state index is 5.59. The number of aromatic nitrogens is 2. The second-order valence-electron chi connectivity index (χ2n) is 5.70. The summed E-state index contributed by atoms with van der Waals surface area (Å²) in [6, 6.07) is 5.78. The van der Waals surface area contributed by atoms with Crippen molar-refractivity contribution in [1.82, 2.24) is 15.1 Å². The zero-order chi connectivity index (χ0) is 17.1. The van der Waals surface area contributed by atoms with Crippen molar-refractivity contribution in [2.24, 2.45) is 0 Å². The number of rotatable bonds is 4. The van der Waals surface area contributed by atoms with Crippen LogP contribution in [-0.2, 0) is 6.54 Å². The van der Waals surface area contributed by atoms with E-state index in [0.717, 1.165) is 35.0 Å². The lowest BCUT2D eigenvalue weighted by atomic mass is 10.1. The van der Waals surface area contributed by atoms with Crippen LogP contribution in [0, 0.1) is 6.92 Å². The number of benzene rings is 1. The first-order valence-electron chi connectivity index (χ1n) is 8.08. The van der Waals surface area contributed by atoms with Crippen LogP contribution in [0.25, 0.3) is 0 Å². The Morgan fingerprint density at radius 2 is 2.08 bits per heavy atom. The smallest absolute Gasteiger partial charge is 0.171 e. The summed E-state index contributed by atoms with van der Waals surface area (Å²) in [4.78, 5) is 0. The van der Waals surface area contributed by atoms with Gasteiger partial charge < -0.3 is 20.1 Å². The Morgan fingerprint density at radius 3 is 2.79 bits per heavy atom. The highest BCUT2D eigenvalue weighted by atomic mass is 32.1. The first-order valence-corrected chi connectivity index (χ1v) is 8.48. The Labute approximate surface area is 147 Å². The number of nitrogens with zero attached hydrogens (tertiary/aromatic N) is 2. The zero-order valence-electron chi connectivity index (χ0n) is 14.1. The molecule has 1 aliphatic rings. The number of ether oxygens (including phenoxy) is 2. The average molecular weight is 346 g/mol. The van der Waals surface area contributed by atoms with Crippen LogP contribution in [0.15, 0.2) is 24.4 Å². The van der Waals surface area contributed by atoms with Crippen molar-refractivity contribution in [2.75, 3.05) is 18.5 Å². The van der Waals surface area contributed by atoms with Crippen molar-refractivity contribution in [3.05, 3.63) is 35.7 Å². The molecule has 0 fully saturated rings. The highest BCUT2D eigenvalue weighted by Gasteiger charge is 2.15. The molecule has 1 aliphatic heterocycles. The molecule has 2 N–H and O–H groups in total. The molecule has 2 aromatic rings. The Bertz CT molecular complexity index is 744. The van der Waals surface area contributed by atoms with Crippen molar-refractivity contribution in [3.8, 4) is 11.5 Å². The molecule has 1 atom stereocenters. The number of aryl methyl sites for hydroxylation is 2. The molecule has 3 rings (SSSR count). The van der Waals surface area contributed by atoms with Gasteiger partial charge in [-0.2, -0.15) is 5.10 Å². The quantitative estimate of drug-likeness (QED) is 0.830. The average Bonchev–Trinajstić information content (AvgIpc) is 2.95. The fourth-order valence-electron chi connectivity index (χ4n) is 2.68. The largest absolute Gasteiger partial charge is 0.486 e. The molecule has 0 aliphatic carbocycles. The van der Waals surface area contributed by atoms with Gasteiger partial charge in [-0.1, -0.05) is 0 Å². The minimum atomic E-state index is 0.0718. The molecule has 2 heterocycles. The summed E-state index contributed by atoms with van der Waals surface area (Å²) in [5.41, 5.74) is 3.02. The normalized spacial score (nSPS) is 14.1. The molecular weight excluding hydrogens is 324 g/mol. The van der Waals surface area contributed by atoms with E-state index in [9.17, 15) is 0 Å². The van der Waals surface area contributed by atoms with E-state index in [1.807, 2.05) is 29.8 Å². The number of anilines is 1. The van der Waals surface area contributed by atoms with E-state index >= 15 is 0 Å². The molecule has 1 aromatic carbocycles. The third kappa shape index (κ3) is 3.62. The summed E-state index contributed by atoms with van der Waals surface area (Å²) < 4.78 is 13.0. The second-order valence-corrected chi connectivity index (χ2v) is 6.11. The molecule has 6 nitrogen and oxygen atoms in total. The standard InChI is InChI=1S/C17H22N4O2S/c1-4-21-10-14(12(3)20-21)11(2)18-17(24)19-13-5-6-15-16(9-13)23-8-7-22-15/h5-6,9-11H,4,7-8H2,1-3H3,(H2,18,19,24)/t11-/m1/s1. The van der Waals surface area contributed by atoms with Gasteiger partial charge >= 0.3 is 0 Å². The van der Waals surface area contributed by atoms with Gasteiger partial charge in [-0.05, 0) is 45.1 Å². The van der Waals surface area contributed by atoms with E-state index < -0.39 is 0 Å². The number of nitrogens with one attached hydrogen (secondary N) is 2. The highest BCUT2D eigenvalue weighted by molar-refractivity contribution is 7.80. The molecule has 0 radical (unpaired) electrons. The van der Waals surface area contributed by atoms with Gasteiger partial charge in [-0.25, -0.2) is 0 Å². The van der Waals surface area contributed by atoms with Crippen LogP contribution in [0.1, 0.15) is 31.1 Å². The third-order valence-electron chi connectivity index (χ3n) is 3.92. The van der Waals surface area contributed by atoms with Gasteiger partial charge in [0.1, 0.15) is 13.2 Å². The summed E-state index contributed by atoms with van der Waals surface area (Å²) in [5, 5.41) is 11.5. The Hall–Kier alpha value is -2.28. The topological polar surface area (TPSA) is 60.3 Å². The molecule has 0 saturated heterocycles. The van der Waals surface area contributed by atoms with Gasteiger partial charge in [0.15, 0.2) is 16.6 Å². The van der Waals surface area contributed by atoms with Crippen molar-refractivity contribution in [2.45, 2.75) is 33.4 Å². The Morgan fingerprint density at radius 1 is 1.33 bits per heavy atom. The van der Waals surface area contributed by atoms with E-state index in [4.69, 9.17) is 21.7 Å². The van der Waals surface area contributed by atoms with E-state index in [2.05, 4.69) is 35.8 Å². The van der Waals surface area contributed by atoms with E-state index in [-0.39, 0.29) is 6.04 Å². The van der Waals surface area contributed by atoms with Gasteiger partial charge in [-0.15, -0.1) is 0 Å². The van der Waals surface area contributed by atoms with E-state index in [1.165, 1.54) is 0 Å². The van der Waals surface area contributed by atoms with Crippen molar-refractivity contribution < 1.29 is 9.47 Å². The van der Waals surface area contributed by atoms with Crippen molar-refractivity contribution in [3.63, 3.8) is 0 Å². The highest BCUT2D eigenvalue weighted by Crippen LogP contribution is 2.32. The predicted molar refractivity (Wildman–Crippen MR) is 97.8 cm³/mol. The van der Waals surface area contributed by atoms with Crippen LogP contribution in [-0.4, -0.2) is 28.1 Å². The summed E-state index contributed by atoms with van der Waals surface area (Å²) in [5.74, 6) is 1.50. The summed E-state index contributed by atoms with van der Waals surface area (Å²) >= 11 is 5.42. The van der Waals surface area contributed by atoms with Crippen LogP contribution < -0.4 is 20.1 Å². The molecule has 0 unspecified atom stereocenters. The SMILES string of the molecule is CCn1cc([C@@H](C)NC(=S)Nc2ccc3c(c2)OCCO3)c(C)n1. The van der Waals surface area contributed by atoms with Crippen LogP contribution >= 0.6 is 12.2 Å². The van der Waals surface area contributed by atoms with Crippen LogP contribution in [0.4, 0.5) is 5.69 Å². The zero-order valence-corrected chi connectivity index (χ0v) is 14.9. The minimum absolute atomic E-state index is 0.0718.